The molecule has 0 bridgehead atoms. The van der Waals surface area contributed by atoms with Gasteiger partial charge in [-0.05, 0) is 55.2 Å². The number of benzene rings is 2. The maximum Gasteiger partial charge on any atom is 0.160 e. The van der Waals surface area contributed by atoms with Gasteiger partial charge in [-0.25, -0.2) is 4.98 Å². The average Bonchev–Trinajstić information content (AvgIpc) is 3.20. The monoisotopic (exact) mass is 426 g/mol. The molecular weight excluding hydrogens is 400 g/mol. The normalized spacial score (nSPS) is 10.8. The van der Waals surface area contributed by atoms with Crippen LogP contribution in [0.1, 0.15) is 22.3 Å². The van der Waals surface area contributed by atoms with Crippen LogP contribution in [0.4, 0.5) is 5.82 Å². The molecule has 0 fully saturated rings. The summed E-state index contributed by atoms with van der Waals surface area (Å²) in [5.74, 6) is 2.38. The number of ether oxygens (including phenoxy) is 2. The summed E-state index contributed by atoms with van der Waals surface area (Å²) in [6.45, 7) is 6.61. The van der Waals surface area contributed by atoms with E-state index in [1.165, 1.54) is 0 Å². The Morgan fingerprint density at radius 3 is 2.66 bits per heavy atom. The van der Waals surface area contributed by atoms with Crippen LogP contribution in [-0.2, 0) is 12.8 Å². The first kappa shape index (κ1) is 21.3. The summed E-state index contributed by atoms with van der Waals surface area (Å²) in [6.07, 6.45) is 3.32. The van der Waals surface area contributed by atoms with E-state index in [0.717, 1.165) is 45.7 Å². The van der Waals surface area contributed by atoms with E-state index >= 15 is 0 Å². The van der Waals surface area contributed by atoms with Gasteiger partial charge in [0.1, 0.15) is 11.9 Å². The molecule has 2 heterocycles. The van der Waals surface area contributed by atoms with E-state index in [2.05, 4.69) is 22.4 Å². The van der Waals surface area contributed by atoms with Crippen LogP contribution in [0.15, 0.2) is 55.1 Å². The van der Waals surface area contributed by atoms with Crippen LogP contribution in [0, 0.1) is 18.3 Å². The molecular formula is C26H26N4O2. The van der Waals surface area contributed by atoms with Crippen LogP contribution in [-0.4, -0.2) is 30.1 Å². The predicted octanol–water partition coefficient (Wildman–Crippen LogP) is 5.07. The highest BCUT2D eigenvalue weighted by molar-refractivity contribution is 5.86. The summed E-state index contributed by atoms with van der Waals surface area (Å²) < 4.78 is 12.8. The van der Waals surface area contributed by atoms with Gasteiger partial charge in [0.2, 0.25) is 0 Å². The van der Waals surface area contributed by atoms with Gasteiger partial charge in [-0.15, -0.1) is 6.58 Å². The first-order valence-electron chi connectivity index (χ1n) is 10.5. The van der Waals surface area contributed by atoms with Gasteiger partial charge in [-0.2, -0.15) is 5.26 Å². The lowest BCUT2D eigenvalue weighted by Gasteiger charge is -2.18. The SMILES string of the molecule is C=CCc1c(C)c(C#N)c2nc3ccccc3n2c1NCCc1ccc(OC)c(OC)c1. The standard InChI is InChI=1S/C26H26N4O2/c1-5-8-19-17(2)20(16-27)26-29-21-9-6-7-10-22(21)30(26)25(19)28-14-13-18-11-12-23(31-3)24(15-18)32-4/h5-7,9-12,15,28H,1,8,13-14H2,2-4H3. The topological polar surface area (TPSA) is 71.6 Å². The number of fused-ring (bicyclic) bond motifs is 3. The van der Waals surface area contributed by atoms with Gasteiger partial charge >= 0.3 is 0 Å². The first-order valence-corrected chi connectivity index (χ1v) is 10.5. The Hall–Kier alpha value is -3.98. The number of imidazole rings is 1. The zero-order valence-electron chi connectivity index (χ0n) is 18.6. The number of methoxy groups -OCH3 is 2. The first-order chi connectivity index (χ1) is 15.6. The van der Waals surface area contributed by atoms with Gasteiger partial charge in [0.25, 0.3) is 0 Å². The highest BCUT2D eigenvalue weighted by atomic mass is 16.5. The number of para-hydroxylation sites is 2. The third-order valence-electron chi connectivity index (χ3n) is 5.74. The Bertz CT molecular complexity index is 1350. The van der Waals surface area contributed by atoms with Crippen LogP contribution in [0.2, 0.25) is 0 Å². The molecule has 0 unspecified atom stereocenters. The Morgan fingerprint density at radius 2 is 1.94 bits per heavy atom. The second kappa shape index (κ2) is 9.03. The molecule has 6 nitrogen and oxygen atoms in total. The number of pyridine rings is 1. The van der Waals surface area contributed by atoms with E-state index in [-0.39, 0.29) is 0 Å². The molecule has 32 heavy (non-hydrogen) atoms. The minimum Gasteiger partial charge on any atom is -0.493 e. The summed E-state index contributed by atoms with van der Waals surface area (Å²) in [5.41, 5.74) is 6.23. The van der Waals surface area contributed by atoms with Crippen molar-refractivity contribution in [1.82, 2.24) is 9.38 Å². The maximum absolute atomic E-state index is 9.87. The van der Waals surface area contributed by atoms with Crippen LogP contribution in [0.3, 0.4) is 0 Å². The van der Waals surface area contributed by atoms with Crippen molar-refractivity contribution >= 4 is 22.5 Å². The molecule has 0 radical (unpaired) electrons. The zero-order chi connectivity index (χ0) is 22.7. The van der Waals surface area contributed by atoms with Gasteiger partial charge in [-0.1, -0.05) is 24.3 Å². The number of rotatable bonds is 8. The molecule has 1 N–H and O–H groups in total. The third kappa shape index (κ3) is 3.63. The van der Waals surface area contributed by atoms with Crippen molar-refractivity contribution in [3.8, 4) is 17.6 Å². The minimum absolute atomic E-state index is 0.600. The van der Waals surface area contributed by atoms with Crippen molar-refractivity contribution in [2.24, 2.45) is 0 Å². The quantitative estimate of drug-likeness (QED) is 0.398. The molecule has 0 saturated carbocycles. The number of aromatic nitrogens is 2. The smallest absolute Gasteiger partial charge is 0.160 e. The summed E-state index contributed by atoms with van der Waals surface area (Å²) in [6, 6.07) is 16.3. The van der Waals surface area contributed by atoms with Gasteiger partial charge < -0.3 is 14.8 Å². The Labute approximate surface area is 187 Å². The number of nitriles is 1. The fourth-order valence-corrected chi connectivity index (χ4v) is 4.13. The lowest BCUT2D eigenvalue weighted by molar-refractivity contribution is 0.354. The highest BCUT2D eigenvalue weighted by Gasteiger charge is 2.20. The Balaban J connectivity index is 1.77. The maximum atomic E-state index is 9.87. The van der Waals surface area contributed by atoms with Crippen molar-refractivity contribution in [1.29, 1.82) is 5.26 Å². The Kier molecular flexibility index (Phi) is 6.00. The molecule has 2 aromatic carbocycles. The van der Waals surface area contributed by atoms with E-state index < -0.39 is 0 Å². The van der Waals surface area contributed by atoms with Crippen molar-refractivity contribution < 1.29 is 9.47 Å². The zero-order valence-corrected chi connectivity index (χ0v) is 18.6. The van der Waals surface area contributed by atoms with Crippen molar-refractivity contribution in [2.75, 3.05) is 26.1 Å². The van der Waals surface area contributed by atoms with Gasteiger partial charge in [0.15, 0.2) is 17.1 Å². The summed E-state index contributed by atoms with van der Waals surface area (Å²) in [4.78, 5) is 4.76. The summed E-state index contributed by atoms with van der Waals surface area (Å²) >= 11 is 0. The fourth-order valence-electron chi connectivity index (χ4n) is 4.13. The molecule has 4 aromatic rings. The molecule has 6 heteroatoms. The van der Waals surface area contributed by atoms with Crippen LogP contribution in [0.5, 0.6) is 11.5 Å². The van der Waals surface area contributed by atoms with Crippen LogP contribution < -0.4 is 14.8 Å². The fraction of sp³-hybridized carbons (Fsp3) is 0.231. The minimum atomic E-state index is 0.600. The van der Waals surface area contributed by atoms with Crippen LogP contribution >= 0.6 is 0 Å². The van der Waals surface area contributed by atoms with E-state index in [4.69, 9.17) is 14.5 Å². The van der Waals surface area contributed by atoms with Crippen molar-refractivity contribution in [3.63, 3.8) is 0 Å². The molecule has 162 valence electrons. The van der Waals surface area contributed by atoms with Gasteiger partial charge in [0, 0.05) is 12.1 Å². The van der Waals surface area contributed by atoms with E-state index in [0.29, 0.717) is 29.9 Å². The second-order valence-corrected chi connectivity index (χ2v) is 7.56. The predicted molar refractivity (Wildman–Crippen MR) is 128 cm³/mol. The van der Waals surface area contributed by atoms with Crippen molar-refractivity contribution in [2.45, 2.75) is 19.8 Å². The number of hydrogen-bond donors (Lipinski definition) is 1. The molecule has 0 aliphatic carbocycles. The summed E-state index contributed by atoms with van der Waals surface area (Å²) in [5, 5.41) is 13.5. The molecule has 2 aromatic heterocycles. The van der Waals surface area contributed by atoms with E-state index in [9.17, 15) is 5.26 Å². The average molecular weight is 427 g/mol. The van der Waals surface area contributed by atoms with Gasteiger partial charge in [0.05, 0.1) is 30.8 Å². The molecule has 0 amide bonds. The van der Waals surface area contributed by atoms with E-state index in [1.807, 2.05) is 55.5 Å². The Morgan fingerprint density at radius 1 is 1.16 bits per heavy atom. The molecule has 0 atom stereocenters. The number of hydrogen-bond acceptors (Lipinski definition) is 5. The third-order valence-corrected chi connectivity index (χ3v) is 5.74. The second-order valence-electron chi connectivity index (χ2n) is 7.56. The molecule has 0 aliphatic heterocycles. The van der Waals surface area contributed by atoms with Crippen molar-refractivity contribution in [3.05, 3.63) is 77.4 Å². The summed E-state index contributed by atoms with van der Waals surface area (Å²) in [7, 11) is 3.27. The highest BCUT2D eigenvalue weighted by Crippen LogP contribution is 2.32. The lowest BCUT2D eigenvalue weighted by Crippen LogP contribution is -2.13. The molecule has 0 spiro atoms. The number of nitrogens with zero attached hydrogens (tertiary/aromatic N) is 3. The number of allylic oxidation sites excluding steroid dienone is 1. The molecule has 4 rings (SSSR count). The van der Waals surface area contributed by atoms with Crippen LogP contribution in [0.25, 0.3) is 16.7 Å². The molecule has 0 aliphatic rings. The lowest BCUT2D eigenvalue weighted by atomic mass is 10.0. The van der Waals surface area contributed by atoms with Gasteiger partial charge in [-0.3, -0.25) is 4.40 Å². The number of anilines is 1. The molecule has 0 saturated heterocycles. The largest absolute Gasteiger partial charge is 0.493 e. The number of nitrogens with one attached hydrogen (secondary N) is 1. The van der Waals surface area contributed by atoms with E-state index in [1.54, 1.807) is 14.2 Å².